The van der Waals surface area contributed by atoms with Gasteiger partial charge in [-0.2, -0.15) is 4.39 Å². The highest BCUT2D eigenvalue weighted by atomic mass is 32.2. The van der Waals surface area contributed by atoms with Crippen molar-refractivity contribution >= 4 is 39.8 Å². The third-order valence-electron chi connectivity index (χ3n) is 4.13. The molecule has 1 aliphatic heterocycles. The number of nitrogens with one attached hydrogen (secondary N) is 1. The normalized spacial score (nSPS) is 16.6. The number of thiazole rings is 1. The summed E-state index contributed by atoms with van der Waals surface area (Å²) in [6.07, 6.45) is 2.55. The summed E-state index contributed by atoms with van der Waals surface area (Å²) in [5.74, 6) is 0.432. The Hall–Kier alpha value is -2.01. The highest BCUT2D eigenvalue weighted by Crippen LogP contribution is 2.21. The van der Waals surface area contributed by atoms with Crippen LogP contribution in [0.25, 0.3) is 0 Å². The van der Waals surface area contributed by atoms with Crippen LogP contribution < -0.4 is 5.32 Å². The quantitative estimate of drug-likeness (QED) is 0.240. The molecule has 0 saturated carbocycles. The van der Waals surface area contributed by atoms with Gasteiger partial charge in [0.1, 0.15) is 0 Å². The van der Waals surface area contributed by atoms with Gasteiger partial charge in [-0.25, -0.2) is 4.98 Å². The molecule has 3 rings (SSSR count). The van der Waals surface area contributed by atoms with Crippen LogP contribution >= 0.6 is 23.1 Å². The van der Waals surface area contributed by atoms with Crippen molar-refractivity contribution in [2.45, 2.75) is 30.8 Å². The molecule has 1 fully saturated rings. The van der Waals surface area contributed by atoms with Crippen LogP contribution in [0.5, 0.6) is 0 Å². The molecule has 2 heterocycles. The van der Waals surface area contributed by atoms with Gasteiger partial charge >= 0.3 is 0 Å². The Morgan fingerprint density at radius 2 is 2.27 bits per heavy atom. The van der Waals surface area contributed by atoms with E-state index < -0.39 is 11.0 Å². The number of rotatable bonds is 11. The molecular formula is C20H24FN3O4S2. The van der Waals surface area contributed by atoms with Crippen molar-refractivity contribution in [2.75, 3.05) is 37.5 Å². The van der Waals surface area contributed by atoms with Crippen LogP contribution in [0.15, 0.2) is 40.5 Å². The number of aromatic nitrogens is 1. The highest BCUT2D eigenvalue weighted by Gasteiger charge is 2.21. The molecule has 1 aliphatic rings. The van der Waals surface area contributed by atoms with Crippen molar-refractivity contribution in [2.24, 2.45) is 5.16 Å². The van der Waals surface area contributed by atoms with E-state index in [4.69, 9.17) is 14.3 Å². The number of halogens is 1. The van der Waals surface area contributed by atoms with E-state index in [2.05, 4.69) is 15.5 Å². The van der Waals surface area contributed by atoms with Gasteiger partial charge in [0.25, 0.3) is 5.91 Å². The number of ether oxygens (including phenoxy) is 2. The smallest absolute Gasteiger partial charge is 0.280 e. The van der Waals surface area contributed by atoms with Gasteiger partial charge < -0.3 is 14.3 Å². The van der Waals surface area contributed by atoms with E-state index in [9.17, 15) is 9.18 Å². The Kier molecular flexibility index (Phi) is 9.06. The van der Waals surface area contributed by atoms with Crippen LogP contribution in [0.4, 0.5) is 9.52 Å². The molecule has 0 spiro atoms. The van der Waals surface area contributed by atoms with Gasteiger partial charge in [0.15, 0.2) is 22.1 Å². The lowest BCUT2D eigenvalue weighted by Crippen LogP contribution is -2.25. The summed E-state index contributed by atoms with van der Waals surface area (Å²) in [6, 6.07) is 7.51. The lowest BCUT2D eigenvalue weighted by molar-refractivity contribution is -0.110. The van der Waals surface area contributed by atoms with Crippen molar-refractivity contribution in [1.82, 2.24) is 4.98 Å². The molecule has 1 aromatic heterocycles. The van der Waals surface area contributed by atoms with Gasteiger partial charge in [-0.3, -0.25) is 10.1 Å². The first-order chi connectivity index (χ1) is 14.7. The predicted molar refractivity (Wildman–Crippen MR) is 116 cm³/mol. The van der Waals surface area contributed by atoms with Crippen LogP contribution in [0.2, 0.25) is 0 Å². The lowest BCUT2D eigenvalue weighted by atomic mass is 10.1. The molecule has 1 aromatic carbocycles. The Labute approximate surface area is 183 Å². The fraction of sp³-hybridized carbons (Fsp3) is 0.450. The standard InChI is InChI=1S/C20H24FN3O4S2/c1-2-26-9-3-11-29-16-6-4-14(5-7-16)18(24-28-15-8-10-27-13-15)19(25)23-20-22-12-17(21)30-20/h4-7,12,15H,2-3,8-11,13H2,1H3,(H,22,23,25)/b24-18+/t15-/m1/s1. The first kappa shape index (κ1) is 22.7. The van der Waals surface area contributed by atoms with E-state index in [1.807, 2.05) is 31.2 Å². The first-order valence-electron chi connectivity index (χ1n) is 9.71. The Bertz CT molecular complexity index is 839. The van der Waals surface area contributed by atoms with Crippen LogP contribution in [0, 0.1) is 5.13 Å². The topological polar surface area (TPSA) is 82.0 Å². The number of nitrogens with zero attached hydrogens (tertiary/aromatic N) is 2. The number of amides is 1. The molecule has 0 radical (unpaired) electrons. The number of carbonyl (C=O) groups is 1. The Morgan fingerprint density at radius 3 is 2.93 bits per heavy atom. The molecule has 0 bridgehead atoms. The molecular weight excluding hydrogens is 429 g/mol. The minimum atomic E-state index is -0.514. The average Bonchev–Trinajstić information content (AvgIpc) is 3.41. The van der Waals surface area contributed by atoms with Crippen molar-refractivity contribution in [3.63, 3.8) is 0 Å². The van der Waals surface area contributed by atoms with E-state index in [1.54, 1.807) is 11.8 Å². The van der Waals surface area contributed by atoms with Gasteiger partial charge in [-0.15, -0.1) is 11.8 Å². The third kappa shape index (κ3) is 7.05. The van der Waals surface area contributed by atoms with E-state index >= 15 is 0 Å². The summed E-state index contributed by atoms with van der Waals surface area (Å²) >= 11 is 2.47. The second-order valence-corrected chi connectivity index (χ2v) is 8.53. The molecule has 0 aliphatic carbocycles. The molecule has 10 heteroatoms. The summed E-state index contributed by atoms with van der Waals surface area (Å²) in [5.41, 5.74) is 0.701. The summed E-state index contributed by atoms with van der Waals surface area (Å²) in [5, 5.41) is 6.35. The zero-order valence-corrected chi connectivity index (χ0v) is 18.3. The zero-order chi connectivity index (χ0) is 21.2. The largest absolute Gasteiger partial charge is 0.389 e. The Morgan fingerprint density at radius 1 is 1.43 bits per heavy atom. The fourth-order valence-electron chi connectivity index (χ4n) is 2.62. The van der Waals surface area contributed by atoms with E-state index in [0.717, 1.165) is 47.8 Å². The zero-order valence-electron chi connectivity index (χ0n) is 16.6. The maximum absolute atomic E-state index is 13.2. The number of benzene rings is 1. The predicted octanol–water partition coefficient (Wildman–Crippen LogP) is 3.95. The molecule has 1 saturated heterocycles. The van der Waals surface area contributed by atoms with Gasteiger partial charge in [0.2, 0.25) is 0 Å². The monoisotopic (exact) mass is 453 g/mol. The second kappa shape index (κ2) is 12.0. The van der Waals surface area contributed by atoms with Crippen molar-refractivity contribution in [3.8, 4) is 0 Å². The van der Waals surface area contributed by atoms with Crippen molar-refractivity contribution in [1.29, 1.82) is 0 Å². The van der Waals surface area contributed by atoms with Crippen LogP contribution in [-0.2, 0) is 19.1 Å². The van der Waals surface area contributed by atoms with Gasteiger partial charge in [0.05, 0.1) is 19.4 Å². The average molecular weight is 454 g/mol. The molecule has 1 atom stereocenters. The summed E-state index contributed by atoms with van der Waals surface area (Å²) in [7, 11) is 0. The fourth-order valence-corrected chi connectivity index (χ4v) is 3.99. The molecule has 7 nitrogen and oxygen atoms in total. The number of hydrogen-bond acceptors (Lipinski definition) is 8. The molecule has 162 valence electrons. The van der Waals surface area contributed by atoms with E-state index in [-0.39, 0.29) is 16.9 Å². The maximum atomic E-state index is 13.2. The van der Waals surface area contributed by atoms with Gasteiger partial charge in [-0.1, -0.05) is 28.6 Å². The number of anilines is 1. The lowest BCUT2D eigenvalue weighted by Gasteiger charge is -2.10. The molecule has 0 unspecified atom stereocenters. The van der Waals surface area contributed by atoms with Crippen LogP contribution in [-0.4, -0.2) is 54.9 Å². The molecule has 1 amide bonds. The number of carbonyl (C=O) groups excluding carboxylic acids is 1. The second-order valence-electron chi connectivity index (χ2n) is 6.38. The molecule has 2 aromatic rings. The van der Waals surface area contributed by atoms with Crippen molar-refractivity contribution in [3.05, 3.63) is 41.2 Å². The van der Waals surface area contributed by atoms with E-state index in [0.29, 0.717) is 25.2 Å². The van der Waals surface area contributed by atoms with Crippen LogP contribution in [0.1, 0.15) is 25.3 Å². The summed E-state index contributed by atoms with van der Waals surface area (Å²) < 4.78 is 23.8. The Balaban J connectivity index is 1.67. The first-order valence-corrected chi connectivity index (χ1v) is 11.5. The van der Waals surface area contributed by atoms with Gasteiger partial charge in [-0.05, 0) is 25.5 Å². The maximum Gasteiger partial charge on any atom is 0.280 e. The minimum absolute atomic E-state index is 0.102. The van der Waals surface area contributed by atoms with E-state index in [1.165, 1.54) is 0 Å². The SMILES string of the molecule is CCOCCCSc1ccc(/C(=N\O[C@@H]2CCOC2)C(=O)Nc2ncc(F)s2)cc1. The number of oxime groups is 1. The highest BCUT2D eigenvalue weighted by molar-refractivity contribution is 7.99. The van der Waals surface area contributed by atoms with Crippen LogP contribution in [0.3, 0.4) is 0 Å². The number of hydrogen-bond donors (Lipinski definition) is 1. The summed E-state index contributed by atoms with van der Waals surface area (Å²) in [4.78, 5) is 23.2. The summed E-state index contributed by atoms with van der Waals surface area (Å²) in [6.45, 7) is 4.50. The molecule has 1 N–H and O–H groups in total. The third-order valence-corrected chi connectivity index (χ3v) is 5.93. The van der Waals surface area contributed by atoms with Gasteiger partial charge in [0, 0.05) is 35.8 Å². The minimum Gasteiger partial charge on any atom is -0.389 e. The number of thioether (sulfide) groups is 1. The molecule has 30 heavy (non-hydrogen) atoms. The van der Waals surface area contributed by atoms with Crippen molar-refractivity contribution < 1.29 is 23.5 Å².